The van der Waals surface area contributed by atoms with Crippen molar-refractivity contribution in [1.29, 1.82) is 0 Å². The van der Waals surface area contributed by atoms with Crippen LogP contribution in [0.5, 0.6) is 0 Å². The van der Waals surface area contributed by atoms with Crippen molar-refractivity contribution in [2.45, 2.75) is 20.3 Å². The average molecular weight is 291 g/mol. The van der Waals surface area contributed by atoms with E-state index in [1.165, 1.54) is 11.3 Å². The summed E-state index contributed by atoms with van der Waals surface area (Å²) < 4.78 is 0. The fraction of sp³-hybridized carbons (Fsp3) is 0.357. The molecule has 0 bridgehead atoms. The Hall–Kier alpha value is -1.95. The molecule has 0 saturated heterocycles. The zero-order valence-corrected chi connectivity index (χ0v) is 12.3. The summed E-state index contributed by atoms with van der Waals surface area (Å²) in [5.41, 5.74) is 0.264. The maximum Gasteiger partial charge on any atom is 0.346 e. The van der Waals surface area contributed by atoms with Gasteiger partial charge in [-0.2, -0.15) is 4.98 Å². The van der Waals surface area contributed by atoms with E-state index in [9.17, 15) is 9.59 Å². The van der Waals surface area contributed by atoms with Gasteiger partial charge in [-0.05, 0) is 29.9 Å². The van der Waals surface area contributed by atoms with E-state index in [-0.39, 0.29) is 11.6 Å². The van der Waals surface area contributed by atoms with Crippen LogP contribution in [0.15, 0.2) is 28.4 Å². The summed E-state index contributed by atoms with van der Waals surface area (Å²) >= 11 is 1.50. The maximum absolute atomic E-state index is 12.0. The van der Waals surface area contributed by atoms with Crippen LogP contribution < -0.4 is 11.0 Å². The number of rotatable bonds is 5. The minimum absolute atomic E-state index is 0.154. The smallest absolute Gasteiger partial charge is 0.346 e. The monoisotopic (exact) mass is 291 g/mol. The summed E-state index contributed by atoms with van der Waals surface area (Å²) in [6, 6.07) is 5.38. The van der Waals surface area contributed by atoms with Crippen LogP contribution in [0.2, 0.25) is 0 Å². The highest BCUT2D eigenvalue weighted by Gasteiger charge is 2.11. The van der Waals surface area contributed by atoms with E-state index in [0.29, 0.717) is 18.2 Å². The summed E-state index contributed by atoms with van der Waals surface area (Å²) in [7, 11) is 0. The molecule has 106 valence electrons. The molecular formula is C14H17N3O2S. The van der Waals surface area contributed by atoms with Crippen LogP contribution in [0.3, 0.4) is 0 Å². The van der Waals surface area contributed by atoms with E-state index in [1.807, 2.05) is 17.5 Å². The molecule has 2 aromatic heterocycles. The highest BCUT2D eigenvalue weighted by atomic mass is 32.1. The molecule has 5 nitrogen and oxygen atoms in total. The third kappa shape index (κ3) is 3.77. The van der Waals surface area contributed by atoms with E-state index in [2.05, 4.69) is 29.1 Å². The van der Waals surface area contributed by atoms with E-state index >= 15 is 0 Å². The third-order valence-electron chi connectivity index (χ3n) is 2.77. The first-order chi connectivity index (χ1) is 9.56. The molecule has 2 rings (SSSR count). The summed E-state index contributed by atoms with van der Waals surface area (Å²) in [6.07, 6.45) is 0.896. The second kappa shape index (κ2) is 6.47. The number of hydrogen-bond acceptors (Lipinski definition) is 4. The molecule has 1 amide bonds. The summed E-state index contributed by atoms with van der Waals surface area (Å²) in [4.78, 5) is 30.8. The fourth-order valence-corrected chi connectivity index (χ4v) is 2.40. The Bertz CT molecular complexity index is 632. The third-order valence-corrected chi connectivity index (χ3v) is 3.67. The minimum Gasteiger partial charge on any atom is -0.351 e. The number of aromatic amines is 1. The molecular weight excluding hydrogens is 274 g/mol. The molecule has 0 unspecified atom stereocenters. The van der Waals surface area contributed by atoms with Crippen LogP contribution in [0.4, 0.5) is 0 Å². The molecule has 2 aromatic rings. The lowest BCUT2D eigenvalue weighted by molar-refractivity contribution is 0.0946. The summed E-state index contributed by atoms with van der Waals surface area (Å²) in [6.45, 7) is 4.76. The zero-order valence-electron chi connectivity index (χ0n) is 11.5. The Morgan fingerprint density at radius 2 is 2.30 bits per heavy atom. The van der Waals surface area contributed by atoms with E-state index in [4.69, 9.17) is 0 Å². The van der Waals surface area contributed by atoms with E-state index < -0.39 is 5.69 Å². The average Bonchev–Trinajstić information content (AvgIpc) is 2.91. The number of carbonyl (C=O) groups excluding carboxylic acids is 1. The predicted octanol–water partition coefficient (Wildman–Crippen LogP) is 2.27. The van der Waals surface area contributed by atoms with Gasteiger partial charge in [0.15, 0.2) is 0 Å². The van der Waals surface area contributed by atoms with Gasteiger partial charge in [0.25, 0.3) is 5.91 Å². The zero-order chi connectivity index (χ0) is 14.5. The Morgan fingerprint density at radius 3 is 2.95 bits per heavy atom. The molecule has 20 heavy (non-hydrogen) atoms. The number of aromatic nitrogens is 2. The Balaban J connectivity index is 2.16. The summed E-state index contributed by atoms with van der Waals surface area (Å²) in [5.74, 6) is 0.207. The first-order valence-electron chi connectivity index (χ1n) is 6.49. The lowest BCUT2D eigenvalue weighted by Crippen LogP contribution is -2.28. The SMILES string of the molecule is CC(C)CCNC(=O)c1cc(-c2cccs2)[nH]c(=O)n1. The maximum atomic E-state index is 12.0. The summed E-state index contributed by atoms with van der Waals surface area (Å²) in [5, 5.41) is 4.69. The van der Waals surface area contributed by atoms with Crippen LogP contribution in [0, 0.1) is 5.92 Å². The first kappa shape index (κ1) is 14.5. The van der Waals surface area contributed by atoms with Gasteiger partial charge in [0.2, 0.25) is 0 Å². The predicted molar refractivity (Wildman–Crippen MR) is 80.0 cm³/mol. The van der Waals surface area contributed by atoms with Crippen LogP contribution in [0.25, 0.3) is 10.6 Å². The van der Waals surface area contributed by atoms with Crippen molar-refractivity contribution in [1.82, 2.24) is 15.3 Å². The molecule has 6 heteroatoms. The lowest BCUT2D eigenvalue weighted by atomic mass is 10.1. The Labute approximate surface area is 121 Å². The molecule has 0 aliphatic carbocycles. The molecule has 0 aliphatic rings. The van der Waals surface area contributed by atoms with Crippen molar-refractivity contribution in [3.05, 3.63) is 39.8 Å². The van der Waals surface area contributed by atoms with Crippen molar-refractivity contribution in [3.63, 3.8) is 0 Å². The van der Waals surface area contributed by atoms with Gasteiger partial charge in [0.1, 0.15) is 5.69 Å². The van der Waals surface area contributed by atoms with Gasteiger partial charge in [-0.1, -0.05) is 19.9 Å². The van der Waals surface area contributed by atoms with Crippen molar-refractivity contribution in [3.8, 4) is 10.6 Å². The van der Waals surface area contributed by atoms with Crippen LogP contribution in [-0.4, -0.2) is 22.4 Å². The molecule has 2 N–H and O–H groups in total. The number of hydrogen-bond donors (Lipinski definition) is 2. The van der Waals surface area contributed by atoms with E-state index in [0.717, 1.165) is 11.3 Å². The molecule has 0 fully saturated rings. The van der Waals surface area contributed by atoms with Gasteiger partial charge < -0.3 is 10.3 Å². The molecule has 0 saturated carbocycles. The number of nitrogens with zero attached hydrogens (tertiary/aromatic N) is 1. The van der Waals surface area contributed by atoms with Crippen LogP contribution >= 0.6 is 11.3 Å². The number of carbonyl (C=O) groups is 1. The topological polar surface area (TPSA) is 74.8 Å². The van der Waals surface area contributed by atoms with Gasteiger partial charge in [0, 0.05) is 6.54 Å². The number of nitrogens with one attached hydrogen (secondary N) is 2. The van der Waals surface area contributed by atoms with Crippen LogP contribution in [0.1, 0.15) is 30.8 Å². The Morgan fingerprint density at radius 1 is 1.50 bits per heavy atom. The van der Waals surface area contributed by atoms with Crippen molar-refractivity contribution in [2.75, 3.05) is 6.54 Å². The fourth-order valence-electron chi connectivity index (χ4n) is 1.70. The molecule has 0 radical (unpaired) electrons. The van der Waals surface area contributed by atoms with E-state index in [1.54, 1.807) is 6.07 Å². The highest BCUT2D eigenvalue weighted by molar-refractivity contribution is 7.13. The number of thiophene rings is 1. The number of H-pyrrole nitrogens is 1. The second-order valence-electron chi connectivity index (χ2n) is 4.90. The molecule has 0 aromatic carbocycles. The van der Waals surface area contributed by atoms with Gasteiger partial charge in [-0.25, -0.2) is 4.79 Å². The minimum atomic E-state index is -0.509. The molecule has 0 spiro atoms. The van der Waals surface area contributed by atoms with Gasteiger partial charge in [-0.3, -0.25) is 4.79 Å². The van der Waals surface area contributed by atoms with Gasteiger partial charge in [-0.15, -0.1) is 11.3 Å². The largest absolute Gasteiger partial charge is 0.351 e. The van der Waals surface area contributed by atoms with Crippen molar-refractivity contribution in [2.24, 2.45) is 5.92 Å². The first-order valence-corrected chi connectivity index (χ1v) is 7.37. The highest BCUT2D eigenvalue weighted by Crippen LogP contribution is 2.21. The molecule has 0 atom stereocenters. The quantitative estimate of drug-likeness (QED) is 0.887. The van der Waals surface area contributed by atoms with Crippen LogP contribution in [-0.2, 0) is 0 Å². The molecule has 0 aliphatic heterocycles. The standard InChI is InChI=1S/C14H17N3O2S/c1-9(2)5-6-15-13(18)11-8-10(16-14(19)17-11)12-4-3-7-20-12/h3-4,7-9H,5-6H2,1-2H3,(H,15,18)(H,16,17,19). The number of amides is 1. The van der Waals surface area contributed by atoms with Gasteiger partial charge >= 0.3 is 5.69 Å². The molecule has 2 heterocycles. The Kier molecular flexibility index (Phi) is 4.68. The lowest BCUT2D eigenvalue weighted by Gasteiger charge is -2.07. The van der Waals surface area contributed by atoms with Crippen molar-refractivity contribution >= 4 is 17.2 Å². The van der Waals surface area contributed by atoms with Crippen molar-refractivity contribution < 1.29 is 4.79 Å². The normalized spacial score (nSPS) is 10.8. The van der Waals surface area contributed by atoms with Gasteiger partial charge in [0.05, 0.1) is 10.6 Å². The second-order valence-corrected chi connectivity index (χ2v) is 5.85.